The molecule has 2 aromatic rings. The zero-order valence-corrected chi connectivity index (χ0v) is 12.1. The molecule has 4 rings (SSSR count). The summed E-state index contributed by atoms with van der Waals surface area (Å²) in [5.41, 5.74) is 2.39. The summed E-state index contributed by atoms with van der Waals surface area (Å²) in [4.78, 5) is 12.2. The molecule has 2 N–H and O–H groups in total. The van der Waals surface area contributed by atoms with E-state index in [4.69, 9.17) is 9.47 Å². The molecule has 1 aromatic carbocycles. The Bertz CT molecular complexity index is 706. The van der Waals surface area contributed by atoms with Crippen LogP contribution in [-0.4, -0.2) is 29.3 Å². The van der Waals surface area contributed by atoms with Crippen LogP contribution < -0.4 is 14.8 Å². The Kier molecular flexibility index (Phi) is 3.21. The van der Waals surface area contributed by atoms with Gasteiger partial charge in [-0.05, 0) is 25.0 Å². The molecule has 2 heterocycles. The zero-order chi connectivity index (χ0) is 14.9. The van der Waals surface area contributed by atoms with E-state index in [1.807, 2.05) is 24.3 Å². The van der Waals surface area contributed by atoms with Crippen molar-refractivity contribution < 1.29 is 14.3 Å². The number of para-hydroxylation sites is 1. The predicted molar refractivity (Wildman–Crippen MR) is 79.2 cm³/mol. The van der Waals surface area contributed by atoms with Crippen LogP contribution in [0.25, 0.3) is 0 Å². The summed E-state index contributed by atoms with van der Waals surface area (Å²) in [5.74, 6) is 1.82. The van der Waals surface area contributed by atoms with Crippen molar-refractivity contribution in [1.82, 2.24) is 15.5 Å². The van der Waals surface area contributed by atoms with Gasteiger partial charge in [-0.1, -0.05) is 12.1 Å². The first-order chi connectivity index (χ1) is 10.8. The minimum atomic E-state index is -0.183. The molecule has 0 atom stereocenters. The third-order valence-electron chi connectivity index (χ3n) is 3.93. The topological polar surface area (TPSA) is 76.2 Å². The van der Waals surface area contributed by atoms with E-state index in [9.17, 15) is 4.79 Å². The highest BCUT2D eigenvalue weighted by Crippen LogP contribution is 2.39. The standard InChI is InChI=1S/C16H17N3O3/c20-16(13-8-12(18-19-13)10-4-5-10)17-9-11-2-1-3-14-15(11)22-7-6-21-14/h1-3,8,10H,4-7,9H2,(H,17,20)(H,18,19). The Hall–Kier alpha value is -2.50. The second-order valence-electron chi connectivity index (χ2n) is 5.61. The minimum absolute atomic E-state index is 0.183. The van der Waals surface area contributed by atoms with Crippen molar-refractivity contribution in [1.29, 1.82) is 0 Å². The van der Waals surface area contributed by atoms with E-state index >= 15 is 0 Å². The largest absolute Gasteiger partial charge is 0.486 e. The summed E-state index contributed by atoms with van der Waals surface area (Å²) in [6, 6.07) is 7.53. The lowest BCUT2D eigenvalue weighted by Gasteiger charge is -2.20. The lowest BCUT2D eigenvalue weighted by Crippen LogP contribution is -2.24. The van der Waals surface area contributed by atoms with Gasteiger partial charge in [0.25, 0.3) is 5.91 Å². The summed E-state index contributed by atoms with van der Waals surface area (Å²) in [6.45, 7) is 1.47. The van der Waals surface area contributed by atoms with E-state index in [0.717, 1.165) is 22.8 Å². The van der Waals surface area contributed by atoms with Gasteiger partial charge >= 0.3 is 0 Å². The monoisotopic (exact) mass is 299 g/mol. The molecule has 114 valence electrons. The average molecular weight is 299 g/mol. The molecular formula is C16H17N3O3. The Morgan fingerprint density at radius 3 is 3.05 bits per heavy atom. The van der Waals surface area contributed by atoms with Crippen molar-refractivity contribution in [3.63, 3.8) is 0 Å². The molecule has 0 unspecified atom stereocenters. The highest BCUT2D eigenvalue weighted by molar-refractivity contribution is 5.92. The number of amides is 1. The smallest absolute Gasteiger partial charge is 0.272 e. The van der Waals surface area contributed by atoms with E-state index in [1.165, 1.54) is 12.8 Å². The molecule has 1 aromatic heterocycles. The number of carbonyl (C=O) groups is 1. The highest BCUT2D eigenvalue weighted by Gasteiger charge is 2.26. The molecule has 0 spiro atoms. The van der Waals surface area contributed by atoms with Gasteiger partial charge in [0.15, 0.2) is 11.5 Å². The van der Waals surface area contributed by atoms with Crippen molar-refractivity contribution in [3.05, 3.63) is 41.2 Å². The maximum atomic E-state index is 12.2. The third kappa shape index (κ3) is 2.52. The maximum Gasteiger partial charge on any atom is 0.272 e. The lowest BCUT2D eigenvalue weighted by molar-refractivity contribution is 0.0945. The summed E-state index contributed by atoms with van der Waals surface area (Å²) in [5, 5.41) is 9.91. The van der Waals surface area contributed by atoms with Crippen LogP contribution >= 0.6 is 0 Å². The number of carbonyl (C=O) groups excluding carboxylic acids is 1. The number of hydrogen-bond acceptors (Lipinski definition) is 4. The molecule has 6 nitrogen and oxygen atoms in total. The number of hydrogen-bond donors (Lipinski definition) is 2. The van der Waals surface area contributed by atoms with Crippen LogP contribution in [-0.2, 0) is 6.54 Å². The maximum absolute atomic E-state index is 12.2. The van der Waals surface area contributed by atoms with Gasteiger partial charge < -0.3 is 14.8 Å². The van der Waals surface area contributed by atoms with Gasteiger partial charge in [0, 0.05) is 23.7 Å². The number of nitrogens with zero attached hydrogens (tertiary/aromatic N) is 1. The number of fused-ring (bicyclic) bond motifs is 1. The van der Waals surface area contributed by atoms with Gasteiger partial charge in [0.05, 0.1) is 0 Å². The Morgan fingerprint density at radius 2 is 2.18 bits per heavy atom. The second-order valence-corrected chi connectivity index (χ2v) is 5.61. The SMILES string of the molecule is O=C(NCc1cccc2c1OCCO2)c1cc(C2CC2)[nH]n1. The van der Waals surface area contributed by atoms with Gasteiger partial charge in [-0.3, -0.25) is 9.89 Å². The van der Waals surface area contributed by atoms with Gasteiger partial charge in [-0.2, -0.15) is 5.10 Å². The van der Waals surface area contributed by atoms with Gasteiger partial charge in [0.2, 0.25) is 0 Å². The second kappa shape index (κ2) is 5.36. The molecule has 2 aliphatic rings. The number of aromatic amines is 1. The molecule has 0 saturated heterocycles. The van der Waals surface area contributed by atoms with Crippen LogP contribution in [0.5, 0.6) is 11.5 Å². The van der Waals surface area contributed by atoms with Crippen LogP contribution in [0.15, 0.2) is 24.3 Å². The minimum Gasteiger partial charge on any atom is -0.486 e. The number of H-pyrrole nitrogens is 1. The predicted octanol–water partition coefficient (Wildman–Crippen LogP) is 1.99. The Morgan fingerprint density at radius 1 is 1.32 bits per heavy atom. The Labute approximate surface area is 127 Å². The number of ether oxygens (including phenoxy) is 2. The fourth-order valence-corrected chi connectivity index (χ4v) is 2.60. The summed E-state index contributed by atoms with van der Waals surface area (Å²) in [6.07, 6.45) is 2.35. The molecule has 0 bridgehead atoms. The fourth-order valence-electron chi connectivity index (χ4n) is 2.60. The molecule has 1 aliphatic carbocycles. The first-order valence-electron chi connectivity index (χ1n) is 7.52. The van der Waals surface area contributed by atoms with Crippen LogP contribution in [0.3, 0.4) is 0 Å². The van der Waals surface area contributed by atoms with E-state index in [1.54, 1.807) is 0 Å². The number of rotatable bonds is 4. The highest BCUT2D eigenvalue weighted by atomic mass is 16.6. The van der Waals surface area contributed by atoms with Gasteiger partial charge in [0.1, 0.15) is 18.9 Å². The van der Waals surface area contributed by atoms with Crippen LogP contribution in [0, 0.1) is 0 Å². The van der Waals surface area contributed by atoms with Crippen molar-refractivity contribution in [2.45, 2.75) is 25.3 Å². The van der Waals surface area contributed by atoms with Crippen LogP contribution in [0.1, 0.15) is 40.5 Å². The molecule has 1 saturated carbocycles. The molecule has 22 heavy (non-hydrogen) atoms. The Balaban J connectivity index is 1.44. The van der Waals surface area contributed by atoms with E-state index in [2.05, 4.69) is 15.5 Å². The summed E-state index contributed by atoms with van der Waals surface area (Å²) in [7, 11) is 0. The quantitative estimate of drug-likeness (QED) is 0.905. The summed E-state index contributed by atoms with van der Waals surface area (Å²) < 4.78 is 11.2. The van der Waals surface area contributed by atoms with Crippen molar-refractivity contribution in [2.75, 3.05) is 13.2 Å². The third-order valence-corrected chi connectivity index (χ3v) is 3.93. The normalized spacial score (nSPS) is 16.4. The number of nitrogens with one attached hydrogen (secondary N) is 2. The number of benzene rings is 1. The molecule has 1 fully saturated rings. The van der Waals surface area contributed by atoms with Crippen molar-refractivity contribution >= 4 is 5.91 Å². The first-order valence-corrected chi connectivity index (χ1v) is 7.52. The molecule has 1 amide bonds. The summed E-state index contributed by atoms with van der Waals surface area (Å²) >= 11 is 0. The van der Waals surface area contributed by atoms with E-state index < -0.39 is 0 Å². The molecule has 0 radical (unpaired) electrons. The van der Waals surface area contributed by atoms with E-state index in [-0.39, 0.29) is 5.91 Å². The molecule has 6 heteroatoms. The van der Waals surface area contributed by atoms with Crippen LogP contribution in [0.4, 0.5) is 0 Å². The average Bonchev–Trinajstić information content (AvgIpc) is 3.29. The fraction of sp³-hybridized carbons (Fsp3) is 0.375. The van der Waals surface area contributed by atoms with Crippen LogP contribution in [0.2, 0.25) is 0 Å². The zero-order valence-electron chi connectivity index (χ0n) is 12.1. The molecule has 1 aliphatic heterocycles. The molecular weight excluding hydrogens is 282 g/mol. The van der Waals surface area contributed by atoms with Gasteiger partial charge in [-0.25, -0.2) is 0 Å². The lowest BCUT2D eigenvalue weighted by atomic mass is 10.1. The van der Waals surface area contributed by atoms with Crippen molar-refractivity contribution in [3.8, 4) is 11.5 Å². The number of aromatic nitrogens is 2. The van der Waals surface area contributed by atoms with Gasteiger partial charge in [-0.15, -0.1) is 0 Å². The van der Waals surface area contributed by atoms with E-state index in [0.29, 0.717) is 31.4 Å². The first kappa shape index (κ1) is 13.2. The van der Waals surface area contributed by atoms with Crippen molar-refractivity contribution in [2.24, 2.45) is 0 Å².